The second-order valence-electron chi connectivity index (χ2n) is 4.16. The summed E-state index contributed by atoms with van der Waals surface area (Å²) in [6.07, 6.45) is 0. The minimum atomic E-state index is 0.767. The quantitative estimate of drug-likeness (QED) is 0.587. The third kappa shape index (κ3) is 1.73. The van der Waals surface area contributed by atoms with Crippen LogP contribution in [0.15, 0.2) is 54.6 Å². The fourth-order valence-corrected chi connectivity index (χ4v) is 2.35. The molecular formula is C15H12ClN. The summed E-state index contributed by atoms with van der Waals surface area (Å²) in [6, 6.07) is 18.5. The first-order valence-corrected chi connectivity index (χ1v) is 5.96. The van der Waals surface area contributed by atoms with Crippen LogP contribution in [-0.4, -0.2) is 4.57 Å². The van der Waals surface area contributed by atoms with Gasteiger partial charge in [0, 0.05) is 21.8 Å². The third-order valence-electron chi connectivity index (χ3n) is 2.98. The van der Waals surface area contributed by atoms with Crippen molar-refractivity contribution < 1.29 is 0 Å². The Morgan fingerprint density at radius 3 is 2.41 bits per heavy atom. The fraction of sp³-hybridized carbons (Fsp3) is 0.0667. The zero-order chi connectivity index (χ0) is 11.8. The van der Waals surface area contributed by atoms with Gasteiger partial charge in [-0.05, 0) is 43.3 Å². The summed E-state index contributed by atoms with van der Waals surface area (Å²) in [6.45, 7) is 2.12. The van der Waals surface area contributed by atoms with Gasteiger partial charge in [-0.1, -0.05) is 29.8 Å². The topological polar surface area (TPSA) is 4.93 Å². The highest BCUT2D eigenvalue weighted by molar-refractivity contribution is 6.30. The second kappa shape index (κ2) is 3.94. The number of fused-ring (bicyclic) bond motifs is 1. The van der Waals surface area contributed by atoms with E-state index in [0.717, 1.165) is 10.7 Å². The van der Waals surface area contributed by atoms with Gasteiger partial charge in [0.1, 0.15) is 0 Å². The molecular weight excluding hydrogens is 230 g/mol. The number of aryl methyl sites for hydroxylation is 1. The van der Waals surface area contributed by atoms with Gasteiger partial charge in [-0.3, -0.25) is 0 Å². The van der Waals surface area contributed by atoms with E-state index in [4.69, 9.17) is 11.6 Å². The van der Waals surface area contributed by atoms with Crippen molar-refractivity contribution in [3.05, 3.63) is 65.3 Å². The smallest absolute Gasteiger partial charge is 0.0531 e. The average Bonchev–Trinajstić information content (AvgIpc) is 2.66. The molecule has 0 fully saturated rings. The lowest BCUT2D eigenvalue weighted by molar-refractivity contribution is 1.05. The Labute approximate surface area is 105 Å². The number of aromatic nitrogens is 1. The van der Waals surface area contributed by atoms with E-state index in [-0.39, 0.29) is 0 Å². The molecule has 84 valence electrons. The molecule has 2 aromatic carbocycles. The third-order valence-corrected chi connectivity index (χ3v) is 3.23. The molecule has 3 aromatic rings. The number of nitrogens with zero attached hydrogens (tertiary/aromatic N) is 1. The monoisotopic (exact) mass is 241 g/mol. The molecule has 17 heavy (non-hydrogen) atoms. The number of benzene rings is 2. The number of para-hydroxylation sites is 1. The van der Waals surface area contributed by atoms with Crippen molar-refractivity contribution in [1.82, 2.24) is 4.57 Å². The van der Waals surface area contributed by atoms with Gasteiger partial charge in [0.15, 0.2) is 0 Å². The minimum absolute atomic E-state index is 0.767. The minimum Gasteiger partial charge on any atom is -0.314 e. The van der Waals surface area contributed by atoms with Crippen LogP contribution in [0.1, 0.15) is 5.69 Å². The van der Waals surface area contributed by atoms with Crippen molar-refractivity contribution in [2.75, 3.05) is 0 Å². The van der Waals surface area contributed by atoms with Crippen LogP contribution in [0.2, 0.25) is 5.02 Å². The molecule has 0 N–H and O–H groups in total. The van der Waals surface area contributed by atoms with Crippen LogP contribution in [0.25, 0.3) is 16.6 Å². The molecule has 1 heterocycles. The molecule has 1 aromatic heterocycles. The Morgan fingerprint density at radius 1 is 0.941 bits per heavy atom. The van der Waals surface area contributed by atoms with Crippen LogP contribution in [0, 0.1) is 6.92 Å². The van der Waals surface area contributed by atoms with Gasteiger partial charge in [0.2, 0.25) is 0 Å². The lowest BCUT2D eigenvalue weighted by atomic mass is 10.2. The van der Waals surface area contributed by atoms with Gasteiger partial charge >= 0.3 is 0 Å². The standard InChI is InChI=1S/C15H12ClN/c1-11-10-12-4-2-3-5-15(12)17(11)14-8-6-13(16)7-9-14/h2-10H,1H3. The molecule has 0 amide bonds. The van der Waals surface area contributed by atoms with Gasteiger partial charge in [0.25, 0.3) is 0 Å². The Bertz CT molecular complexity index is 665. The second-order valence-corrected chi connectivity index (χ2v) is 4.59. The van der Waals surface area contributed by atoms with Crippen LogP contribution in [0.5, 0.6) is 0 Å². The average molecular weight is 242 g/mol. The highest BCUT2D eigenvalue weighted by Gasteiger charge is 2.06. The highest BCUT2D eigenvalue weighted by Crippen LogP contribution is 2.24. The molecule has 3 rings (SSSR count). The predicted octanol–water partition coefficient (Wildman–Crippen LogP) is 4.59. The summed E-state index contributed by atoms with van der Waals surface area (Å²) in [5.74, 6) is 0. The Hall–Kier alpha value is -1.73. The van der Waals surface area contributed by atoms with Gasteiger partial charge in [0.05, 0.1) is 5.52 Å². The zero-order valence-electron chi connectivity index (χ0n) is 9.52. The Balaban J connectivity index is 2.29. The molecule has 0 bridgehead atoms. The van der Waals surface area contributed by atoms with Gasteiger partial charge in [-0.2, -0.15) is 0 Å². The highest BCUT2D eigenvalue weighted by atomic mass is 35.5. The molecule has 0 spiro atoms. The Kier molecular flexibility index (Phi) is 2.41. The zero-order valence-corrected chi connectivity index (χ0v) is 10.3. The van der Waals surface area contributed by atoms with E-state index in [9.17, 15) is 0 Å². The van der Waals surface area contributed by atoms with Crippen molar-refractivity contribution in [1.29, 1.82) is 0 Å². The largest absolute Gasteiger partial charge is 0.314 e. The SMILES string of the molecule is Cc1cc2ccccc2n1-c1ccc(Cl)cc1. The molecule has 0 aliphatic carbocycles. The maximum absolute atomic E-state index is 5.92. The van der Waals surface area contributed by atoms with E-state index in [0.29, 0.717) is 0 Å². The fourth-order valence-electron chi connectivity index (χ4n) is 2.23. The molecule has 0 saturated carbocycles. The molecule has 2 heteroatoms. The van der Waals surface area contributed by atoms with Crippen LogP contribution in [0.4, 0.5) is 0 Å². The van der Waals surface area contributed by atoms with E-state index in [2.05, 4.69) is 41.8 Å². The first-order valence-electron chi connectivity index (χ1n) is 5.59. The molecule has 0 radical (unpaired) electrons. The van der Waals surface area contributed by atoms with Gasteiger partial charge < -0.3 is 4.57 Å². The van der Waals surface area contributed by atoms with Crippen LogP contribution in [0.3, 0.4) is 0 Å². The molecule has 0 unspecified atom stereocenters. The first-order chi connectivity index (χ1) is 8.25. The van der Waals surface area contributed by atoms with Crippen LogP contribution >= 0.6 is 11.6 Å². The Morgan fingerprint density at radius 2 is 1.65 bits per heavy atom. The summed E-state index contributed by atoms with van der Waals surface area (Å²) in [5.41, 5.74) is 3.61. The van der Waals surface area contributed by atoms with E-state index < -0.39 is 0 Å². The van der Waals surface area contributed by atoms with Crippen molar-refractivity contribution >= 4 is 22.5 Å². The summed E-state index contributed by atoms with van der Waals surface area (Å²) < 4.78 is 2.24. The van der Waals surface area contributed by atoms with Crippen molar-refractivity contribution in [2.24, 2.45) is 0 Å². The predicted molar refractivity (Wildman–Crippen MR) is 73.0 cm³/mol. The van der Waals surface area contributed by atoms with Gasteiger partial charge in [-0.15, -0.1) is 0 Å². The maximum atomic E-state index is 5.92. The number of hydrogen-bond donors (Lipinski definition) is 0. The summed E-state index contributed by atoms with van der Waals surface area (Å²) >= 11 is 5.92. The molecule has 0 aliphatic rings. The van der Waals surface area contributed by atoms with E-state index in [1.54, 1.807) is 0 Å². The molecule has 0 atom stereocenters. The summed E-state index contributed by atoms with van der Waals surface area (Å²) in [5, 5.41) is 2.03. The van der Waals surface area contributed by atoms with Crippen molar-refractivity contribution in [3.8, 4) is 5.69 Å². The van der Waals surface area contributed by atoms with Crippen LogP contribution in [-0.2, 0) is 0 Å². The van der Waals surface area contributed by atoms with Crippen molar-refractivity contribution in [3.63, 3.8) is 0 Å². The normalized spacial score (nSPS) is 10.9. The number of rotatable bonds is 1. The molecule has 0 aliphatic heterocycles. The van der Waals surface area contributed by atoms with Gasteiger partial charge in [-0.25, -0.2) is 0 Å². The summed E-state index contributed by atoms with van der Waals surface area (Å²) in [7, 11) is 0. The van der Waals surface area contributed by atoms with E-state index in [1.165, 1.54) is 16.6 Å². The lowest BCUT2D eigenvalue weighted by Crippen LogP contribution is -1.95. The van der Waals surface area contributed by atoms with Crippen LogP contribution < -0.4 is 0 Å². The maximum Gasteiger partial charge on any atom is 0.0531 e. The molecule has 0 saturated heterocycles. The summed E-state index contributed by atoms with van der Waals surface area (Å²) in [4.78, 5) is 0. The first kappa shape index (κ1) is 10.4. The van der Waals surface area contributed by atoms with Crippen molar-refractivity contribution in [2.45, 2.75) is 6.92 Å². The number of hydrogen-bond acceptors (Lipinski definition) is 0. The van der Waals surface area contributed by atoms with E-state index in [1.807, 2.05) is 24.3 Å². The lowest BCUT2D eigenvalue weighted by Gasteiger charge is -2.08. The van der Waals surface area contributed by atoms with E-state index >= 15 is 0 Å². The molecule has 1 nitrogen and oxygen atoms in total. The number of halogens is 1.